The van der Waals surface area contributed by atoms with Crippen LogP contribution in [0.25, 0.3) is 32.4 Å². The molecule has 1 amide bonds. The number of carboxylic acid groups (broad SMARTS) is 1. The fraction of sp³-hybridized carbons (Fsp3) is 0.261. The van der Waals surface area contributed by atoms with Crippen LogP contribution in [0.3, 0.4) is 0 Å². The molecule has 0 spiro atoms. The van der Waals surface area contributed by atoms with E-state index < -0.39 is 6.09 Å². The number of unbranched alkanes of at least 4 members (excludes halogenated alkanes) is 1. The number of hydrogen-bond donors (Lipinski definition) is 2. The summed E-state index contributed by atoms with van der Waals surface area (Å²) in [5, 5.41) is 15.9. The highest BCUT2D eigenvalue weighted by molar-refractivity contribution is 6.06. The normalized spacial score (nSPS) is 10.9. The molecule has 0 aliphatic heterocycles. The summed E-state index contributed by atoms with van der Waals surface area (Å²) >= 11 is 0. The highest BCUT2D eigenvalue weighted by atomic mass is 16.4. The molecule has 162 valence electrons. The van der Waals surface area contributed by atoms with Crippen LogP contribution in [0, 0.1) is 0 Å². The molecule has 2 aromatic carbocycles. The Bertz CT molecular complexity index is 1320. The SMILES string of the molecule is CCCCc1nc2c(N=[N+]=[N-])nc3ccccc3c2n1Cc1ccc(CNC(=O)O)cc1. The van der Waals surface area contributed by atoms with Crippen LogP contribution in [0.2, 0.25) is 0 Å². The Morgan fingerprint density at radius 2 is 1.91 bits per heavy atom. The first-order chi connectivity index (χ1) is 15.6. The molecular weight excluding hydrogens is 406 g/mol. The molecule has 0 unspecified atom stereocenters. The molecule has 0 atom stereocenters. The Balaban J connectivity index is 1.83. The van der Waals surface area contributed by atoms with Crippen molar-refractivity contribution >= 4 is 33.8 Å². The molecule has 4 aromatic rings. The van der Waals surface area contributed by atoms with Crippen LogP contribution >= 0.6 is 0 Å². The van der Waals surface area contributed by atoms with Crippen molar-refractivity contribution in [2.24, 2.45) is 5.11 Å². The molecule has 9 nitrogen and oxygen atoms in total. The van der Waals surface area contributed by atoms with Gasteiger partial charge in [-0.05, 0) is 34.3 Å². The number of aromatic nitrogens is 3. The number of aryl methyl sites for hydroxylation is 1. The van der Waals surface area contributed by atoms with Crippen molar-refractivity contribution in [3.05, 3.63) is 75.9 Å². The van der Waals surface area contributed by atoms with Gasteiger partial charge < -0.3 is 15.0 Å². The van der Waals surface area contributed by atoms with E-state index in [0.717, 1.165) is 52.6 Å². The van der Waals surface area contributed by atoms with Gasteiger partial charge in [0.15, 0.2) is 5.82 Å². The molecule has 2 aromatic heterocycles. The van der Waals surface area contributed by atoms with Crippen LogP contribution in [-0.4, -0.2) is 25.7 Å². The number of amides is 1. The number of nitrogens with zero attached hydrogens (tertiary/aromatic N) is 6. The van der Waals surface area contributed by atoms with Crippen LogP contribution in [0.15, 0.2) is 53.6 Å². The van der Waals surface area contributed by atoms with Gasteiger partial charge in [-0.1, -0.05) is 55.8 Å². The van der Waals surface area contributed by atoms with E-state index >= 15 is 0 Å². The summed E-state index contributed by atoms with van der Waals surface area (Å²) in [7, 11) is 0. The number of pyridine rings is 1. The first-order valence-corrected chi connectivity index (χ1v) is 10.5. The maximum absolute atomic E-state index is 10.7. The van der Waals surface area contributed by atoms with Crippen molar-refractivity contribution in [2.75, 3.05) is 0 Å². The van der Waals surface area contributed by atoms with Crippen molar-refractivity contribution in [3.63, 3.8) is 0 Å². The minimum atomic E-state index is -1.05. The molecule has 0 radical (unpaired) electrons. The van der Waals surface area contributed by atoms with Crippen molar-refractivity contribution in [1.82, 2.24) is 19.9 Å². The number of carbonyl (C=O) groups is 1. The van der Waals surface area contributed by atoms with Gasteiger partial charge in [0.05, 0.1) is 11.0 Å². The first-order valence-electron chi connectivity index (χ1n) is 10.5. The number of azide groups is 1. The smallest absolute Gasteiger partial charge is 0.404 e. The lowest BCUT2D eigenvalue weighted by Gasteiger charge is -2.12. The van der Waals surface area contributed by atoms with Crippen molar-refractivity contribution in [3.8, 4) is 0 Å². The predicted octanol–water partition coefficient (Wildman–Crippen LogP) is 5.68. The Morgan fingerprint density at radius 3 is 2.62 bits per heavy atom. The second kappa shape index (κ2) is 9.36. The van der Waals surface area contributed by atoms with Gasteiger partial charge in [-0.25, -0.2) is 14.8 Å². The number of para-hydroxylation sites is 1. The van der Waals surface area contributed by atoms with E-state index in [1.165, 1.54) is 0 Å². The topological polar surface area (TPSA) is 129 Å². The third-order valence-corrected chi connectivity index (χ3v) is 5.34. The third kappa shape index (κ3) is 4.33. The highest BCUT2D eigenvalue weighted by Gasteiger charge is 2.18. The molecule has 32 heavy (non-hydrogen) atoms. The number of benzene rings is 2. The minimum Gasteiger partial charge on any atom is -0.465 e. The lowest BCUT2D eigenvalue weighted by molar-refractivity contribution is 0.194. The first kappa shape index (κ1) is 21.1. The van der Waals surface area contributed by atoms with Gasteiger partial charge >= 0.3 is 6.09 Å². The summed E-state index contributed by atoms with van der Waals surface area (Å²) in [6.07, 6.45) is 1.79. The van der Waals surface area contributed by atoms with E-state index in [1.807, 2.05) is 48.5 Å². The summed E-state index contributed by atoms with van der Waals surface area (Å²) in [5.41, 5.74) is 13.3. The van der Waals surface area contributed by atoms with Crippen molar-refractivity contribution in [2.45, 2.75) is 39.3 Å². The number of imidazole rings is 1. The van der Waals surface area contributed by atoms with Crippen molar-refractivity contribution in [1.29, 1.82) is 0 Å². The summed E-state index contributed by atoms with van der Waals surface area (Å²) in [4.78, 5) is 23.0. The van der Waals surface area contributed by atoms with Gasteiger partial charge in [-0.2, -0.15) is 0 Å². The van der Waals surface area contributed by atoms with E-state index in [4.69, 9.17) is 15.6 Å². The van der Waals surface area contributed by atoms with Crippen LogP contribution in [0.5, 0.6) is 0 Å². The average molecular weight is 429 g/mol. The molecule has 2 heterocycles. The molecule has 0 saturated heterocycles. The largest absolute Gasteiger partial charge is 0.465 e. The standard InChI is InChI=1S/C23H23N7O2/c1-2-3-8-19-27-20-21(17-6-4-5-7-18(17)26-22(20)28-29-24)30(19)14-16-11-9-15(10-12-16)13-25-23(31)32/h4-7,9-12,25H,2-3,8,13-14H2,1H3,(H,31,32). The van der Waals surface area contributed by atoms with Gasteiger partial charge in [-0.3, -0.25) is 0 Å². The summed E-state index contributed by atoms with van der Waals surface area (Å²) in [6, 6.07) is 15.6. The monoisotopic (exact) mass is 429 g/mol. The molecule has 2 N–H and O–H groups in total. The van der Waals surface area contributed by atoms with Gasteiger partial charge in [0.1, 0.15) is 11.3 Å². The molecular formula is C23H23N7O2. The van der Waals surface area contributed by atoms with E-state index in [-0.39, 0.29) is 12.4 Å². The lowest BCUT2D eigenvalue weighted by Crippen LogP contribution is -2.19. The molecule has 0 aliphatic carbocycles. The predicted molar refractivity (Wildman–Crippen MR) is 123 cm³/mol. The van der Waals surface area contributed by atoms with Crippen LogP contribution in [-0.2, 0) is 19.5 Å². The Hall–Kier alpha value is -4.10. The zero-order valence-corrected chi connectivity index (χ0v) is 17.7. The zero-order valence-electron chi connectivity index (χ0n) is 17.7. The summed E-state index contributed by atoms with van der Waals surface area (Å²) in [5.74, 6) is 1.21. The summed E-state index contributed by atoms with van der Waals surface area (Å²) < 4.78 is 2.18. The Labute approximate surface area is 184 Å². The number of rotatable bonds is 8. The second-order valence-corrected chi connectivity index (χ2v) is 7.53. The molecule has 9 heteroatoms. The Morgan fingerprint density at radius 1 is 1.16 bits per heavy atom. The van der Waals surface area contributed by atoms with E-state index in [1.54, 1.807) is 0 Å². The van der Waals surface area contributed by atoms with Crippen molar-refractivity contribution < 1.29 is 9.90 Å². The number of nitrogens with one attached hydrogen (secondary N) is 1. The van der Waals surface area contributed by atoms with E-state index in [2.05, 4.69) is 31.8 Å². The van der Waals surface area contributed by atoms with Crippen LogP contribution in [0.1, 0.15) is 36.7 Å². The highest BCUT2D eigenvalue weighted by Crippen LogP contribution is 2.32. The van der Waals surface area contributed by atoms with Gasteiger partial charge in [-0.15, -0.1) is 0 Å². The molecule has 0 saturated carbocycles. The van der Waals surface area contributed by atoms with E-state index in [9.17, 15) is 4.79 Å². The number of hydrogen-bond acceptors (Lipinski definition) is 4. The fourth-order valence-electron chi connectivity index (χ4n) is 3.80. The quantitative estimate of drug-likeness (QED) is 0.212. The maximum Gasteiger partial charge on any atom is 0.404 e. The fourth-order valence-corrected chi connectivity index (χ4v) is 3.80. The van der Waals surface area contributed by atoms with Gasteiger partial charge in [0.2, 0.25) is 0 Å². The van der Waals surface area contributed by atoms with Crippen LogP contribution < -0.4 is 5.32 Å². The van der Waals surface area contributed by atoms with Gasteiger partial charge in [0.25, 0.3) is 0 Å². The molecule has 4 rings (SSSR count). The lowest BCUT2D eigenvalue weighted by atomic mass is 10.1. The zero-order chi connectivity index (χ0) is 22.5. The maximum atomic E-state index is 10.7. The molecule has 0 bridgehead atoms. The second-order valence-electron chi connectivity index (χ2n) is 7.53. The average Bonchev–Trinajstić information content (AvgIpc) is 3.16. The summed E-state index contributed by atoms with van der Waals surface area (Å²) in [6.45, 7) is 2.99. The molecule has 0 aliphatic rings. The minimum absolute atomic E-state index is 0.261. The van der Waals surface area contributed by atoms with Crippen LogP contribution in [0.4, 0.5) is 10.6 Å². The third-order valence-electron chi connectivity index (χ3n) is 5.34. The van der Waals surface area contributed by atoms with E-state index in [0.29, 0.717) is 12.1 Å². The van der Waals surface area contributed by atoms with Gasteiger partial charge in [0, 0.05) is 29.8 Å². The Kier molecular flexibility index (Phi) is 6.19. The number of fused-ring (bicyclic) bond motifs is 3. The molecule has 0 fully saturated rings.